The van der Waals surface area contributed by atoms with Gasteiger partial charge in [-0.3, -0.25) is 19.9 Å². The van der Waals surface area contributed by atoms with Crippen molar-refractivity contribution in [1.29, 1.82) is 0 Å². The van der Waals surface area contributed by atoms with E-state index in [1.807, 2.05) is 30.4 Å². The third-order valence-electron chi connectivity index (χ3n) is 4.40. The van der Waals surface area contributed by atoms with Crippen molar-refractivity contribution in [3.8, 4) is 17.6 Å². The van der Waals surface area contributed by atoms with Crippen LogP contribution in [0, 0.1) is 18.8 Å². The molecule has 2 N–H and O–H groups in total. The Balaban J connectivity index is 1.78. The number of methoxy groups -OCH3 is 1. The van der Waals surface area contributed by atoms with Crippen molar-refractivity contribution in [2.24, 2.45) is 0 Å². The summed E-state index contributed by atoms with van der Waals surface area (Å²) < 4.78 is 5.18. The number of aromatic nitrogens is 1. The van der Waals surface area contributed by atoms with Crippen LogP contribution in [0.25, 0.3) is 0 Å². The van der Waals surface area contributed by atoms with Crippen LogP contribution < -0.4 is 15.4 Å². The first-order chi connectivity index (χ1) is 14.0. The molecule has 1 aromatic carbocycles. The van der Waals surface area contributed by atoms with Crippen molar-refractivity contribution in [3.05, 3.63) is 58.9 Å². The zero-order valence-corrected chi connectivity index (χ0v) is 16.1. The maximum Gasteiger partial charge on any atom is 0.322 e. The molecule has 8 heteroatoms. The summed E-state index contributed by atoms with van der Waals surface area (Å²) in [5.74, 6) is 6.33. The Bertz CT molecular complexity index is 992. The topological polar surface area (TPSA) is 101 Å². The largest absolute Gasteiger partial charge is 0.497 e. The molecule has 0 spiro atoms. The van der Waals surface area contributed by atoms with Crippen LogP contribution in [0.15, 0.2) is 36.5 Å². The van der Waals surface area contributed by atoms with Gasteiger partial charge in [0.15, 0.2) is 0 Å². The Labute approximate surface area is 168 Å². The Hall–Kier alpha value is -3.86. The van der Waals surface area contributed by atoms with E-state index in [2.05, 4.69) is 22.1 Å². The van der Waals surface area contributed by atoms with Crippen LogP contribution in [0.4, 0.5) is 4.79 Å². The molecule has 2 heterocycles. The van der Waals surface area contributed by atoms with Crippen LogP contribution in [0.2, 0.25) is 0 Å². The van der Waals surface area contributed by atoms with Crippen molar-refractivity contribution in [3.63, 3.8) is 0 Å². The van der Waals surface area contributed by atoms with Gasteiger partial charge in [0.05, 0.1) is 13.7 Å². The molecule has 4 amide bonds. The van der Waals surface area contributed by atoms with E-state index in [0.717, 1.165) is 11.3 Å². The lowest BCUT2D eigenvalue weighted by atomic mass is 10.1. The van der Waals surface area contributed by atoms with Gasteiger partial charge in [-0.2, -0.15) is 0 Å². The van der Waals surface area contributed by atoms with Gasteiger partial charge >= 0.3 is 6.03 Å². The third kappa shape index (κ3) is 4.90. The molecule has 1 aliphatic heterocycles. The second-order valence-electron chi connectivity index (χ2n) is 6.45. The number of carbonyl (C=O) groups excluding carboxylic acids is 3. The van der Waals surface area contributed by atoms with Gasteiger partial charge in [-0.25, -0.2) is 4.79 Å². The highest BCUT2D eigenvalue weighted by molar-refractivity contribution is 5.98. The number of carbonyl (C=O) groups is 3. The van der Waals surface area contributed by atoms with Gasteiger partial charge in [0.25, 0.3) is 5.91 Å². The number of hydrogen-bond acceptors (Lipinski definition) is 5. The lowest BCUT2D eigenvalue weighted by Crippen LogP contribution is -2.46. The standard InChI is InChI=1S/C21H20N4O4/c1-14-3-4-15(10-22-14)5-7-17(24-21(28)23-13-26)12-25-11-16-6-8-18(29-2)9-19(16)20(25)27/h3-4,6,8-10,13,17H,11-12H2,1-2H3,(H2,23,24,26,28)/t17-/m1/s1. The lowest BCUT2D eigenvalue weighted by molar-refractivity contribution is -0.108. The van der Waals surface area contributed by atoms with E-state index < -0.39 is 12.1 Å². The quantitative estimate of drug-likeness (QED) is 0.589. The molecule has 0 radical (unpaired) electrons. The number of fused-ring (bicyclic) bond motifs is 1. The van der Waals surface area contributed by atoms with E-state index in [0.29, 0.717) is 23.4 Å². The summed E-state index contributed by atoms with van der Waals surface area (Å²) >= 11 is 0. The van der Waals surface area contributed by atoms with Gasteiger partial charge in [0.1, 0.15) is 11.8 Å². The highest BCUT2D eigenvalue weighted by atomic mass is 16.5. The van der Waals surface area contributed by atoms with Crippen LogP contribution >= 0.6 is 0 Å². The molecule has 8 nitrogen and oxygen atoms in total. The number of hydrogen-bond donors (Lipinski definition) is 2. The molecule has 1 aromatic heterocycles. The monoisotopic (exact) mass is 392 g/mol. The first kappa shape index (κ1) is 19.9. The molecule has 0 saturated heterocycles. The van der Waals surface area contributed by atoms with E-state index in [1.54, 1.807) is 30.3 Å². The normalized spacial score (nSPS) is 13.0. The summed E-state index contributed by atoms with van der Waals surface area (Å²) in [7, 11) is 1.54. The molecule has 148 valence electrons. The van der Waals surface area contributed by atoms with E-state index in [9.17, 15) is 14.4 Å². The first-order valence-electron chi connectivity index (χ1n) is 8.91. The predicted octanol–water partition coefficient (Wildman–Crippen LogP) is 1.23. The first-order valence-corrected chi connectivity index (χ1v) is 8.91. The number of imide groups is 1. The van der Waals surface area contributed by atoms with Crippen molar-refractivity contribution < 1.29 is 19.1 Å². The van der Waals surface area contributed by atoms with Gasteiger partial charge in [-0.1, -0.05) is 17.9 Å². The van der Waals surface area contributed by atoms with Crippen LogP contribution in [-0.2, 0) is 11.3 Å². The van der Waals surface area contributed by atoms with E-state index in [4.69, 9.17) is 4.74 Å². The number of nitrogens with one attached hydrogen (secondary N) is 2. The van der Waals surface area contributed by atoms with Crippen molar-refractivity contribution in [2.75, 3.05) is 13.7 Å². The number of ether oxygens (including phenoxy) is 1. The van der Waals surface area contributed by atoms with Gasteiger partial charge in [0.2, 0.25) is 6.41 Å². The summed E-state index contributed by atoms with van der Waals surface area (Å²) in [4.78, 5) is 40.9. The Morgan fingerprint density at radius 2 is 2.21 bits per heavy atom. The summed E-state index contributed by atoms with van der Waals surface area (Å²) in [5, 5.41) is 4.62. The van der Waals surface area contributed by atoms with Crippen LogP contribution in [0.3, 0.4) is 0 Å². The third-order valence-corrected chi connectivity index (χ3v) is 4.40. The Morgan fingerprint density at radius 3 is 2.90 bits per heavy atom. The van der Waals surface area contributed by atoms with Crippen molar-refractivity contribution in [2.45, 2.75) is 19.5 Å². The maximum atomic E-state index is 12.8. The van der Waals surface area contributed by atoms with Crippen LogP contribution in [-0.4, -0.2) is 47.9 Å². The van der Waals surface area contributed by atoms with Gasteiger partial charge in [0, 0.05) is 29.6 Å². The minimum absolute atomic E-state index is 0.161. The second kappa shape index (κ2) is 8.89. The average molecular weight is 392 g/mol. The molecule has 3 rings (SSSR count). The Kier molecular flexibility index (Phi) is 6.09. The summed E-state index contributed by atoms with van der Waals surface area (Å²) in [6.07, 6.45) is 1.92. The molecular weight excluding hydrogens is 372 g/mol. The van der Waals surface area contributed by atoms with Crippen molar-refractivity contribution >= 4 is 18.3 Å². The van der Waals surface area contributed by atoms with Crippen molar-refractivity contribution in [1.82, 2.24) is 20.5 Å². The van der Waals surface area contributed by atoms with Crippen LogP contribution in [0.1, 0.15) is 27.2 Å². The highest BCUT2D eigenvalue weighted by Crippen LogP contribution is 2.26. The van der Waals surface area contributed by atoms with Gasteiger partial charge in [-0.15, -0.1) is 0 Å². The zero-order valence-electron chi connectivity index (χ0n) is 16.1. The highest BCUT2D eigenvalue weighted by Gasteiger charge is 2.29. The summed E-state index contributed by atoms with van der Waals surface area (Å²) in [6, 6.07) is 7.62. The molecule has 0 aliphatic carbocycles. The number of benzene rings is 1. The molecular formula is C21H20N4O4. The molecule has 29 heavy (non-hydrogen) atoms. The minimum atomic E-state index is -0.688. The molecule has 0 bridgehead atoms. The maximum absolute atomic E-state index is 12.8. The second-order valence-corrected chi connectivity index (χ2v) is 6.45. The molecule has 1 atom stereocenters. The molecule has 1 aliphatic rings. The fourth-order valence-electron chi connectivity index (χ4n) is 2.93. The zero-order chi connectivity index (χ0) is 20.8. The Morgan fingerprint density at radius 1 is 1.38 bits per heavy atom. The fourth-order valence-corrected chi connectivity index (χ4v) is 2.93. The number of nitrogens with zero attached hydrogens (tertiary/aromatic N) is 2. The minimum Gasteiger partial charge on any atom is -0.497 e. The number of rotatable bonds is 5. The number of amides is 4. The molecule has 2 aromatic rings. The molecule has 0 saturated carbocycles. The van der Waals surface area contributed by atoms with E-state index in [1.165, 1.54) is 0 Å². The van der Waals surface area contributed by atoms with Gasteiger partial charge in [-0.05, 0) is 36.8 Å². The molecule has 0 unspecified atom stereocenters. The van der Waals surface area contributed by atoms with Gasteiger partial charge < -0.3 is 15.0 Å². The SMILES string of the molecule is COc1ccc2c(c1)C(=O)N(C[C@@H](C#Cc1ccc(C)nc1)NC(=O)NC=O)C2. The summed E-state index contributed by atoms with van der Waals surface area (Å²) in [5.41, 5.74) is 2.99. The fraction of sp³-hybridized carbons (Fsp3) is 0.238. The van der Waals surface area contributed by atoms with E-state index >= 15 is 0 Å². The smallest absolute Gasteiger partial charge is 0.322 e. The average Bonchev–Trinajstić information content (AvgIpc) is 3.02. The number of aryl methyl sites for hydroxylation is 1. The van der Waals surface area contributed by atoms with E-state index in [-0.39, 0.29) is 18.9 Å². The number of urea groups is 1. The lowest BCUT2D eigenvalue weighted by Gasteiger charge is -2.21. The molecule has 0 fully saturated rings. The summed E-state index contributed by atoms with van der Waals surface area (Å²) in [6.45, 7) is 2.44. The predicted molar refractivity (Wildman–Crippen MR) is 105 cm³/mol. The number of pyridine rings is 1. The van der Waals surface area contributed by atoms with Crippen LogP contribution in [0.5, 0.6) is 5.75 Å².